The second-order valence-corrected chi connectivity index (χ2v) is 10.00. The molecule has 3 heterocycles. The highest BCUT2D eigenvalue weighted by Crippen LogP contribution is 2.45. The smallest absolute Gasteiger partial charge is 0.322 e. The summed E-state index contributed by atoms with van der Waals surface area (Å²) < 4.78 is 5.74. The van der Waals surface area contributed by atoms with Crippen molar-refractivity contribution in [3.63, 3.8) is 0 Å². The van der Waals surface area contributed by atoms with Gasteiger partial charge in [0.2, 0.25) is 5.91 Å². The van der Waals surface area contributed by atoms with Crippen molar-refractivity contribution in [2.75, 3.05) is 13.1 Å². The Hall–Kier alpha value is -2.90. The molecule has 1 aromatic carbocycles. The van der Waals surface area contributed by atoms with Gasteiger partial charge in [-0.2, -0.15) is 0 Å². The Kier molecular flexibility index (Phi) is 5.62. The van der Waals surface area contributed by atoms with Crippen LogP contribution in [0.3, 0.4) is 0 Å². The fourth-order valence-electron chi connectivity index (χ4n) is 6.40. The molecule has 8 heteroatoms. The number of hydrogen-bond acceptors (Lipinski definition) is 5. The lowest BCUT2D eigenvalue weighted by molar-refractivity contribution is -0.156. The molecule has 2 atom stereocenters. The standard InChI is InChI=1S/C25H31N3O5/c29-20-15-19(24(33-20)11-5-2-6-12-24)21(30)28-13-9-18(10-14-28)25(22(31)26-23(32)27-25)16-17-7-3-1-4-8-17/h1,3-4,7-8,18-19H,2,5-6,9-16H2,(H2,26,27,31,32)/t19-,25+/m0/s1. The third-order valence-electron chi connectivity index (χ3n) is 8.12. The van der Waals surface area contributed by atoms with Crippen LogP contribution in [0.5, 0.6) is 0 Å². The summed E-state index contributed by atoms with van der Waals surface area (Å²) in [5.74, 6) is -1.06. The topological polar surface area (TPSA) is 105 Å². The van der Waals surface area contributed by atoms with Gasteiger partial charge in [-0.3, -0.25) is 19.7 Å². The summed E-state index contributed by atoms with van der Waals surface area (Å²) in [5.41, 5.74) is -0.656. The molecule has 3 saturated heterocycles. The molecule has 1 saturated carbocycles. The minimum Gasteiger partial charge on any atom is -0.458 e. The summed E-state index contributed by atoms with van der Waals surface area (Å²) in [6.07, 6.45) is 6.40. The minimum absolute atomic E-state index is 0.00165. The molecule has 0 radical (unpaired) electrons. The van der Waals surface area contributed by atoms with Gasteiger partial charge in [0, 0.05) is 19.5 Å². The number of hydrogen-bond donors (Lipinski definition) is 2. The number of imide groups is 1. The number of urea groups is 1. The quantitative estimate of drug-likeness (QED) is 0.538. The van der Waals surface area contributed by atoms with Crippen LogP contribution >= 0.6 is 0 Å². The highest BCUT2D eigenvalue weighted by Gasteiger charge is 2.56. The van der Waals surface area contributed by atoms with E-state index in [1.807, 2.05) is 35.2 Å². The van der Waals surface area contributed by atoms with Crippen LogP contribution in [0.4, 0.5) is 4.79 Å². The largest absolute Gasteiger partial charge is 0.458 e. The van der Waals surface area contributed by atoms with Crippen LogP contribution in [0.1, 0.15) is 56.9 Å². The molecule has 176 valence electrons. The zero-order valence-electron chi connectivity index (χ0n) is 18.8. The summed E-state index contributed by atoms with van der Waals surface area (Å²) in [6.45, 7) is 1.01. The molecule has 5 rings (SSSR count). The monoisotopic (exact) mass is 453 g/mol. The van der Waals surface area contributed by atoms with Crippen LogP contribution < -0.4 is 10.6 Å². The highest BCUT2D eigenvalue weighted by atomic mass is 16.6. The maximum absolute atomic E-state index is 13.5. The van der Waals surface area contributed by atoms with E-state index in [2.05, 4.69) is 10.6 Å². The Morgan fingerprint density at radius 1 is 1.03 bits per heavy atom. The number of piperidine rings is 1. The van der Waals surface area contributed by atoms with Gasteiger partial charge in [0.1, 0.15) is 11.1 Å². The van der Waals surface area contributed by atoms with Gasteiger partial charge >= 0.3 is 12.0 Å². The molecule has 0 aromatic heterocycles. The summed E-state index contributed by atoms with van der Waals surface area (Å²) in [5, 5.41) is 5.34. The van der Waals surface area contributed by atoms with Gasteiger partial charge < -0.3 is 15.0 Å². The van der Waals surface area contributed by atoms with Crippen LogP contribution in [0, 0.1) is 11.8 Å². The number of carbonyl (C=O) groups is 4. The number of carbonyl (C=O) groups excluding carboxylic acids is 4. The average molecular weight is 454 g/mol. The lowest BCUT2D eigenvalue weighted by Crippen LogP contribution is -2.58. The SMILES string of the molecule is O=C1NC(=O)[C@@](Cc2ccccc2)(C2CCN(C(=O)[C@@H]3CC(=O)OC34CCCCC4)CC2)N1. The van der Waals surface area contributed by atoms with E-state index in [9.17, 15) is 19.2 Å². The van der Waals surface area contributed by atoms with Crippen molar-refractivity contribution in [3.05, 3.63) is 35.9 Å². The van der Waals surface area contributed by atoms with E-state index < -0.39 is 23.1 Å². The average Bonchev–Trinajstić information content (AvgIpc) is 3.29. The molecule has 0 bridgehead atoms. The van der Waals surface area contributed by atoms with Gasteiger partial charge in [0.15, 0.2) is 0 Å². The van der Waals surface area contributed by atoms with E-state index in [0.29, 0.717) is 32.4 Å². The summed E-state index contributed by atoms with van der Waals surface area (Å²) in [7, 11) is 0. The van der Waals surface area contributed by atoms with Gasteiger partial charge in [-0.05, 0) is 50.0 Å². The Labute approximate surface area is 193 Å². The van der Waals surface area contributed by atoms with Crippen LogP contribution in [-0.4, -0.2) is 52.9 Å². The number of amides is 4. The third-order valence-corrected chi connectivity index (χ3v) is 8.12. The molecular weight excluding hydrogens is 422 g/mol. The molecule has 4 amide bonds. The Balaban J connectivity index is 1.30. The van der Waals surface area contributed by atoms with Crippen molar-refractivity contribution in [1.82, 2.24) is 15.5 Å². The van der Waals surface area contributed by atoms with Crippen LogP contribution in [0.25, 0.3) is 0 Å². The third kappa shape index (κ3) is 3.89. The zero-order valence-corrected chi connectivity index (χ0v) is 18.8. The van der Waals surface area contributed by atoms with E-state index in [1.165, 1.54) is 0 Å². The molecule has 2 N–H and O–H groups in total. The van der Waals surface area contributed by atoms with Crippen LogP contribution in [0.2, 0.25) is 0 Å². The Bertz CT molecular complexity index is 950. The molecule has 4 aliphatic rings. The van der Waals surface area contributed by atoms with Crippen molar-refractivity contribution in [2.24, 2.45) is 11.8 Å². The van der Waals surface area contributed by atoms with E-state index in [4.69, 9.17) is 4.74 Å². The Morgan fingerprint density at radius 2 is 1.73 bits per heavy atom. The van der Waals surface area contributed by atoms with Crippen LogP contribution in [0.15, 0.2) is 30.3 Å². The molecule has 1 aromatic rings. The summed E-state index contributed by atoms with van der Waals surface area (Å²) in [6, 6.07) is 9.22. The molecule has 4 fully saturated rings. The van der Waals surface area contributed by atoms with Crippen molar-refractivity contribution in [2.45, 2.75) is 68.9 Å². The number of rotatable bonds is 4. The molecule has 8 nitrogen and oxygen atoms in total. The van der Waals surface area contributed by atoms with Crippen LogP contribution in [-0.2, 0) is 25.5 Å². The second kappa shape index (κ2) is 8.47. The second-order valence-electron chi connectivity index (χ2n) is 10.00. The first kappa shape index (κ1) is 21.9. The predicted octanol–water partition coefficient (Wildman–Crippen LogP) is 2.31. The van der Waals surface area contributed by atoms with Gasteiger partial charge in [-0.15, -0.1) is 0 Å². The summed E-state index contributed by atoms with van der Waals surface area (Å²) in [4.78, 5) is 52.5. The summed E-state index contributed by atoms with van der Waals surface area (Å²) >= 11 is 0. The number of ether oxygens (including phenoxy) is 1. The van der Waals surface area contributed by atoms with Crippen molar-refractivity contribution in [3.8, 4) is 0 Å². The molecule has 1 spiro atoms. The molecule has 0 unspecified atom stereocenters. The molecule has 33 heavy (non-hydrogen) atoms. The van der Waals surface area contributed by atoms with Gasteiger partial charge in [0.05, 0.1) is 12.3 Å². The van der Waals surface area contributed by atoms with Crippen molar-refractivity contribution in [1.29, 1.82) is 0 Å². The normalized spacial score (nSPS) is 29.6. The van der Waals surface area contributed by atoms with Gasteiger partial charge in [0.25, 0.3) is 5.91 Å². The van der Waals surface area contributed by atoms with E-state index in [1.54, 1.807) is 0 Å². The fraction of sp³-hybridized carbons (Fsp3) is 0.600. The first-order chi connectivity index (χ1) is 15.9. The number of benzene rings is 1. The molecule has 3 aliphatic heterocycles. The van der Waals surface area contributed by atoms with Gasteiger partial charge in [-0.25, -0.2) is 4.79 Å². The first-order valence-electron chi connectivity index (χ1n) is 12.1. The fourth-order valence-corrected chi connectivity index (χ4v) is 6.40. The number of esters is 1. The van der Waals surface area contributed by atoms with Gasteiger partial charge in [-0.1, -0.05) is 36.8 Å². The first-order valence-corrected chi connectivity index (χ1v) is 12.1. The minimum atomic E-state index is -1.01. The highest BCUT2D eigenvalue weighted by molar-refractivity contribution is 6.07. The van der Waals surface area contributed by atoms with E-state index in [0.717, 1.165) is 37.7 Å². The zero-order chi connectivity index (χ0) is 23.1. The number of nitrogens with one attached hydrogen (secondary N) is 2. The molecular formula is C25H31N3O5. The van der Waals surface area contributed by atoms with Crippen molar-refractivity contribution < 1.29 is 23.9 Å². The lowest BCUT2D eigenvalue weighted by Gasteiger charge is -2.43. The van der Waals surface area contributed by atoms with E-state index in [-0.39, 0.29) is 30.1 Å². The number of nitrogens with zero attached hydrogens (tertiary/aromatic N) is 1. The maximum Gasteiger partial charge on any atom is 0.322 e. The van der Waals surface area contributed by atoms with E-state index >= 15 is 0 Å². The lowest BCUT2D eigenvalue weighted by atomic mass is 9.73. The predicted molar refractivity (Wildman–Crippen MR) is 119 cm³/mol. The Morgan fingerprint density at radius 3 is 2.36 bits per heavy atom. The van der Waals surface area contributed by atoms with Crippen molar-refractivity contribution >= 4 is 23.8 Å². The molecule has 1 aliphatic carbocycles. The maximum atomic E-state index is 13.5. The number of likely N-dealkylation sites (tertiary alicyclic amines) is 1.